The molecule has 0 unspecified atom stereocenters. The van der Waals surface area contributed by atoms with Crippen molar-refractivity contribution in [2.75, 3.05) is 39.5 Å². The van der Waals surface area contributed by atoms with E-state index >= 15 is 0 Å². The van der Waals surface area contributed by atoms with Crippen LogP contribution in [-0.2, 0) is 23.3 Å². The van der Waals surface area contributed by atoms with Gasteiger partial charge >= 0.3 is 0 Å². The first kappa shape index (κ1) is 35.3. The Balaban J connectivity index is 1.54. The lowest BCUT2D eigenvalue weighted by Gasteiger charge is -2.27. The fourth-order valence-electron chi connectivity index (χ4n) is 4.75. The highest BCUT2D eigenvalue weighted by molar-refractivity contribution is 7.86. The Morgan fingerprint density at radius 2 is 1.02 bits per heavy atom. The smallest absolute Gasteiger partial charge is 0.283 e. The van der Waals surface area contributed by atoms with Crippen LogP contribution in [0, 0.1) is 0 Å². The molecule has 47 heavy (non-hydrogen) atoms. The third-order valence-corrected chi connectivity index (χ3v) is 8.64. The minimum Gasteiger partial charge on any atom is -0.490 e. The third-order valence-electron chi connectivity index (χ3n) is 6.78. The van der Waals surface area contributed by atoms with Crippen molar-refractivity contribution in [1.82, 2.24) is 18.9 Å². The summed E-state index contributed by atoms with van der Waals surface area (Å²) in [7, 11) is -4.07. The molecule has 0 fully saturated rings. The lowest BCUT2D eigenvalue weighted by molar-refractivity contribution is 0.288. The molecule has 0 bridgehead atoms. The fourth-order valence-corrected chi connectivity index (χ4v) is 6.24. The van der Waals surface area contributed by atoms with Gasteiger partial charge in [-0.3, -0.25) is 0 Å². The summed E-state index contributed by atoms with van der Waals surface area (Å²) in [6.45, 7) is 16.9. The van der Waals surface area contributed by atoms with Gasteiger partial charge in [0.1, 0.15) is 11.4 Å². The molecule has 0 spiro atoms. The molecule has 0 radical (unpaired) electrons. The molecule has 13 heteroatoms. The zero-order valence-electron chi connectivity index (χ0n) is 27.3. The van der Waals surface area contributed by atoms with E-state index in [2.05, 4.69) is 23.5 Å². The Morgan fingerprint density at radius 1 is 0.638 bits per heavy atom. The van der Waals surface area contributed by atoms with E-state index in [0.717, 1.165) is 11.1 Å². The van der Waals surface area contributed by atoms with E-state index in [-0.39, 0.29) is 26.2 Å². The third kappa shape index (κ3) is 8.82. The first-order valence-corrected chi connectivity index (χ1v) is 16.9. The van der Waals surface area contributed by atoms with Crippen LogP contribution < -0.4 is 18.9 Å². The summed E-state index contributed by atoms with van der Waals surface area (Å²) >= 11 is 0. The van der Waals surface area contributed by atoms with E-state index in [1.165, 1.54) is 20.8 Å². The second kappa shape index (κ2) is 16.8. The van der Waals surface area contributed by atoms with Gasteiger partial charge in [0.25, 0.3) is 10.2 Å². The monoisotopic (exact) mass is 666 g/mol. The van der Waals surface area contributed by atoms with Gasteiger partial charge in [0.15, 0.2) is 34.5 Å². The molecule has 0 saturated heterocycles. The molecule has 4 rings (SSSR count). The fraction of sp³-hybridized carbons (Fsp3) is 0.353. The normalized spacial score (nSPS) is 11.5. The van der Waals surface area contributed by atoms with E-state index in [0.29, 0.717) is 72.3 Å². The Hall–Kier alpha value is -4.59. The first-order valence-electron chi connectivity index (χ1n) is 15.5. The Morgan fingerprint density at radius 3 is 1.38 bits per heavy atom. The van der Waals surface area contributed by atoms with Crippen molar-refractivity contribution in [3.05, 3.63) is 85.4 Å². The molecule has 2 aromatic carbocycles. The molecular formula is C34H42N4O8S. The van der Waals surface area contributed by atoms with Crippen molar-refractivity contribution in [1.29, 1.82) is 0 Å². The molecule has 0 aliphatic heterocycles. The highest BCUT2D eigenvalue weighted by atomic mass is 32.2. The predicted molar refractivity (Wildman–Crippen MR) is 179 cm³/mol. The first-order chi connectivity index (χ1) is 22.8. The van der Waals surface area contributed by atoms with Gasteiger partial charge in [0.2, 0.25) is 0 Å². The van der Waals surface area contributed by atoms with Crippen molar-refractivity contribution < 1.29 is 36.4 Å². The predicted octanol–water partition coefficient (Wildman–Crippen LogP) is 6.51. The summed E-state index contributed by atoms with van der Waals surface area (Å²) in [5.41, 5.74) is 2.53. The van der Waals surface area contributed by atoms with Gasteiger partial charge in [-0.25, -0.2) is 0 Å². The molecule has 0 N–H and O–H groups in total. The molecule has 2 aromatic heterocycles. The van der Waals surface area contributed by atoms with Gasteiger partial charge < -0.3 is 28.0 Å². The molecule has 4 aromatic rings. The van der Waals surface area contributed by atoms with Crippen LogP contribution in [0.1, 0.15) is 39.2 Å². The van der Waals surface area contributed by atoms with Gasteiger partial charge in [-0.2, -0.15) is 17.0 Å². The molecule has 0 aliphatic carbocycles. The number of aromatic nitrogens is 2. The van der Waals surface area contributed by atoms with Crippen LogP contribution in [0.2, 0.25) is 0 Å². The lowest BCUT2D eigenvalue weighted by atomic mass is 10.1. The number of hydrogen-bond donors (Lipinski definition) is 0. The highest BCUT2D eigenvalue weighted by Gasteiger charge is 2.31. The number of hydrogen-bond acceptors (Lipinski definition) is 10. The summed E-state index contributed by atoms with van der Waals surface area (Å²) in [6.07, 6.45) is 3.02. The molecule has 12 nitrogen and oxygen atoms in total. The van der Waals surface area contributed by atoms with Gasteiger partial charge in [0.05, 0.1) is 39.5 Å². The topological polar surface area (TPSA) is 130 Å². The average Bonchev–Trinajstić information content (AvgIpc) is 3.73. The number of ether oxygens (including phenoxy) is 4. The molecule has 2 heterocycles. The average molecular weight is 667 g/mol. The maximum Gasteiger partial charge on any atom is 0.283 e. The Kier molecular flexibility index (Phi) is 12.6. The van der Waals surface area contributed by atoms with Crippen molar-refractivity contribution in [3.8, 4) is 45.5 Å². The maximum atomic E-state index is 14.0. The lowest BCUT2D eigenvalue weighted by Crippen LogP contribution is -2.43. The molecule has 0 atom stereocenters. The Labute approximate surface area is 276 Å². The second-order valence-electron chi connectivity index (χ2n) is 10.1. The standard InChI is InChI=1S/C34H42N4O8S/c1-7-17-37(23-27-21-29(35-45-27)25-13-15-31(41-9-3)33(19-25)43-11-5)47(39,40)38(18-8-2)24-28-22-30(36-46-28)26-14-16-32(42-10-4)34(20-26)44-12-6/h7-8,13-16,19-22H,1-2,9-12,17-18,23-24H2,3-6H3. The molecule has 0 amide bonds. The molecule has 0 aliphatic rings. The van der Waals surface area contributed by atoms with Crippen LogP contribution in [-0.4, -0.2) is 66.9 Å². The summed E-state index contributed by atoms with van der Waals surface area (Å²) in [4.78, 5) is 0. The van der Waals surface area contributed by atoms with Crippen LogP contribution >= 0.6 is 0 Å². The van der Waals surface area contributed by atoms with E-state index in [1.807, 2.05) is 64.1 Å². The zero-order chi connectivity index (χ0) is 33.8. The van der Waals surface area contributed by atoms with Crippen LogP contribution in [0.15, 0.2) is 82.9 Å². The quantitative estimate of drug-likeness (QED) is 0.0963. The summed E-state index contributed by atoms with van der Waals surface area (Å²) in [6, 6.07) is 14.3. The van der Waals surface area contributed by atoms with Crippen molar-refractivity contribution in [3.63, 3.8) is 0 Å². The molecule has 0 saturated carbocycles. The highest BCUT2D eigenvalue weighted by Crippen LogP contribution is 2.34. The zero-order valence-corrected chi connectivity index (χ0v) is 28.1. The van der Waals surface area contributed by atoms with Gasteiger partial charge in [-0.05, 0) is 64.1 Å². The van der Waals surface area contributed by atoms with E-state index < -0.39 is 10.2 Å². The van der Waals surface area contributed by atoms with Gasteiger partial charge in [-0.1, -0.05) is 22.5 Å². The van der Waals surface area contributed by atoms with E-state index in [9.17, 15) is 8.42 Å². The van der Waals surface area contributed by atoms with Crippen LogP contribution in [0.4, 0.5) is 0 Å². The maximum absolute atomic E-state index is 14.0. The largest absolute Gasteiger partial charge is 0.490 e. The van der Waals surface area contributed by atoms with Crippen LogP contribution in [0.3, 0.4) is 0 Å². The second-order valence-corrected chi connectivity index (χ2v) is 12.0. The summed E-state index contributed by atoms with van der Waals surface area (Å²) < 4.78 is 64.4. The SMILES string of the molecule is C=CCN(Cc1cc(-c2ccc(OCC)c(OCC)c2)no1)S(=O)(=O)N(CC=C)Cc1cc(-c2ccc(OCC)c(OCC)c2)no1. The van der Waals surface area contributed by atoms with Crippen molar-refractivity contribution >= 4 is 10.2 Å². The minimum absolute atomic E-state index is 0.0254. The minimum atomic E-state index is -4.07. The molecular weight excluding hydrogens is 624 g/mol. The van der Waals surface area contributed by atoms with Crippen molar-refractivity contribution in [2.45, 2.75) is 40.8 Å². The number of rotatable bonds is 20. The Bertz CT molecular complexity index is 1610. The van der Waals surface area contributed by atoms with Gasteiger partial charge in [0, 0.05) is 36.3 Å². The van der Waals surface area contributed by atoms with Crippen molar-refractivity contribution in [2.24, 2.45) is 0 Å². The number of benzene rings is 2. The summed E-state index contributed by atoms with van der Waals surface area (Å²) in [5.74, 6) is 3.11. The van der Waals surface area contributed by atoms with E-state index in [1.54, 1.807) is 12.1 Å². The van der Waals surface area contributed by atoms with Crippen LogP contribution in [0.25, 0.3) is 22.5 Å². The molecule has 252 valence electrons. The summed E-state index contributed by atoms with van der Waals surface area (Å²) in [5, 5.41) is 8.37. The van der Waals surface area contributed by atoms with Gasteiger partial charge in [-0.15, -0.1) is 13.2 Å². The van der Waals surface area contributed by atoms with E-state index in [4.69, 9.17) is 28.0 Å². The number of nitrogens with zero attached hydrogens (tertiary/aromatic N) is 4. The van der Waals surface area contributed by atoms with Crippen LogP contribution in [0.5, 0.6) is 23.0 Å².